The minimum Gasteiger partial charge on any atom is -0.497 e. The lowest BCUT2D eigenvalue weighted by molar-refractivity contribution is 0.147. The zero-order chi connectivity index (χ0) is 103. The predicted molar refractivity (Wildman–Crippen MR) is 557 cm³/mol. The second kappa shape index (κ2) is 58.9. The monoisotopic (exact) mass is 2020 g/mol. The number of carbonyl (C=O) groups excluding carboxylic acids is 3. The van der Waals surface area contributed by atoms with Crippen LogP contribution in [0.25, 0.3) is 32.6 Å². The first-order valence-electron chi connectivity index (χ1n) is 43.9. The molecule has 38 heteroatoms. The van der Waals surface area contributed by atoms with Crippen LogP contribution in [0, 0.1) is 79.6 Å². The van der Waals surface area contributed by atoms with Gasteiger partial charge in [-0.2, -0.15) is 5.26 Å². The van der Waals surface area contributed by atoms with Gasteiger partial charge in [-0.15, -0.1) is 11.6 Å². The number of nitriles is 1. The van der Waals surface area contributed by atoms with E-state index in [1.165, 1.54) is 30.3 Å². The van der Waals surface area contributed by atoms with Crippen molar-refractivity contribution >= 4 is 125 Å². The first-order chi connectivity index (χ1) is 65.9. The number of nitrogens with two attached hydrogens (primary N) is 1. The number of amides is 4. The van der Waals surface area contributed by atoms with Crippen molar-refractivity contribution in [3.8, 4) is 34.6 Å². The minimum atomic E-state index is -3.52. The largest absolute Gasteiger partial charge is 0.497 e. The van der Waals surface area contributed by atoms with Crippen molar-refractivity contribution in [2.45, 2.75) is 131 Å². The predicted octanol–water partition coefficient (Wildman–Crippen LogP) is 21.3. The molecule has 0 atom stereocenters. The Labute approximate surface area is 823 Å². The highest BCUT2D eigenvalue weighted by atomic mass is 35.5. The molecule has 10 N–H and O–H groups in total. The van der Waals surface area contributed by atoms with Crippen LogP contribution in [-0.4, -0.2) is 135 Å². The van der Waals surface area contributed by atoms with E-state index < -0.39 is 67.5 Å². The van der Waals surface area contributed by atoms with Gasteiger partial charge < -0.3 is 38.9 Å². The first kappa shape index (κ1) is 116. The normalized spacial score (nSPS) is 11.2. The molecule has 0 unspecified atom stereocenters. The van der Waals surface area contributed by atoms with Crippen LogP contribution in [-0.2, 0) is 66.1 Å². The van der Waals surface area contributed by atoms with E-state index in [1.54, 1.807) is 81.6 Å². The number of hydrogen-bond acceptors (Lipinski definition) is 20. The fourth-order valence-electron chi connectivity index (χ4n) is 11.7. The summed E-state index contributed by atoms with van der Waals surface area (Å²) in [6.07, 6.45) is 0.782. The number of carbonyl (C=O) groups is 3. The number of sulfonamides is 5. The van der Waals surface area contributed by atoms with Gasteiger partial charge in [0.1, 0.15) is 35.1 Å². The molecule has 1 aromatic heterocycles. The summed E-state index contributed by atoms with van der Waals surface area (Å²) in [5.41, 5.74) is 25.2. The zero-order valence-electron chi connectivity index (χ0n) is 80.8. The van der Waals surface area contributed by atoms with E-state index >= 15 is 0 Å². The maximum Gasteiger partial charge on any atom is 0.411 e. The molecule has 744 valence electrons. The average Bonchev–Trinajstić information content (AvgIpc) is 1.63. The van der Waals surface area contributed by atoms with E-state index in [2.05, 4.69) is 60.8 Å². The Kier molecular flexibility index (Phi) is 49.2. The van der Waals surface area contributed by atoms with Gasteiger partial charge in [-0.05, 0) is 265 Å². The Balaban J connectivity index is 0.000000283. The molecule has 1 heterocycles. The van der Waals surface area contributed by atoms with Crippen molar-refractivity contribution in [1.82, 2.24) is 14.0 Å². The van der Waals surface area contributed by atoms with Crippen LogP contribution in [0.15, 0.2) is 276 Å². The number of urea groups is 1. The van der Waals surface area contributed by atoms with Crippen molar-refractivity contribution in [2.24, 2.45) is 16.2 Å². The Morgan fingerprint density at radius 1 is 0.511 bits per heavy atom. The number of nitrogens with zero attached hydrogens (tertiary/aromatic N) is 5. The summed E-state index contributed by atoms with van der Waals surface area (Å²) in [5, 5.41) is 29.5. The van der Waals surface area contributed by atoms with Gasteiger partial charge in [0.05, 0.1) is 71.0 Å². The smallest absolute Gasteiger partial charge is 0.411 e. The van der Waals surface area contributed by atoms with Crippen LogP contribution in [0.4, 0.5) is 48.5 Å². The Morgan fingerprint density at radius 3 is 1.33 bits per heavy atom. The third-order valence-corrected chi connectivity index (χ3v) is 26.4. The van der Waals surface area contributed by atoms with Crippen LogP contribution < -0.4 is 59.5 Å². The summed E-state index contributed by atoms with van der Waals surface area (Å²) < 4.78 is 149. The lowest BCUT2D eigenvalue weighted by atomic mass is 10.1. The number of alkyl halides is 1. The third-order valence-electron chi connectivity index (χ3n) is 19.1. The fraction of sp³-hybridized carbons (Fsp3) is 0.287. The highest BCUT2D eigenvalue weighted by molar-refractivity contribution is 7.94. The molecule has 11 aromatic carbocycles. The first-order valence-corrected chi connectivity index (χ1v) is 52.3. The third kappa shape index (κ3) is 45.1. The maximum atomic E-state index is 12.5. The van der Waals surface area contributed by atoms with Gasteiger partial charge in [0.2, 0.25) is 50.1 Å². The molecular weight excluding hydrogens is 1890 g/mol. The van der Waals surface area contributed by atoms with Crippen molar-refractivity contribution in [2.75, 3.05) is 95.4 Å². The number of azide groups is 1. The number of primary sulfonamides is 1. The molecule has 12 aromatic rings. The molecule has 4 amide bonds. The number of benzene rings is 11. The van der Waals surface area contributed by atoms with Gasteiger partial charge >= 0.3 is 18.2 Å². The number of nitrogens with one attached hydrogen (secondary N) is 8. The molecular formula is C101H125ClN14O18S5. The second-order valence-electron chi connectivity index (χ2n) is 31.6. The van der Waals surface area contributed by atoms with Crippen LogP contribution in [0.1, 0.15) is 103 Å². The molecule has 32 nitrogen and oxygen atoms in total. The van der Waals surface area contributed by atoms with Gasteiger partial charge in [0.25, 0.3) is 0 Å². The molecule has 139 heavy (non-hydrogen) atoms. The van der Waals surface area contributed by atoms with Crippen molar-refractivity contribution in [3.63, 3.8) is 0 Å². The van der Waals surface area contributed by atoms with Crippen LogP contribution >= 0.6 is 11.6 Å². The van der Waals surface area contributed by atoms with Gasteiger partial charge in [0.15, 0.2) is 0 Å². The lowest BCUT2D eigenvalue weighted by Crippen LogP contribution is -2.29. The summed E-state index contributed by atoms with van der Waals surface area (Å²) in [5.74, 6) is 2.75. The molecule has 1 fully saturated rings. The number of rotatable bonds is 29. The summed E-state index contributed by atoms with van der Waals surface area (Å²) >= 11 is 5.22. The Hall–Kier alpha value is -13.5. The Bertz CT molecular complexity index is 6610. The quantitative estimate of drug-likeness (QED) is 0.00691. The van der Waals surface area contributed by atoms with Crippen LogP contribution in [0.3, 0.4) is 0 Å². The van der Waals surface area contributed by atoms with E-state index in [0.29, 0.717) is 79.5 Å². The summed E-state index contributed by atoms with van der Waals surface area (Å²) in [6.45, 7) is 30.0. The molecule has 13 rings (SSSR count). The molecule has 0 radical (unpaired) electrons. The van der Waals surface area contributed by atoms with E-state index in [-0.39, 0.29) is 21.9 Å². The number of ether oxygens (including phenoxy) is 5. The summed E-state index contributed by atoms with van der Waals surface area (Å²) in [6, 6.07) is 81.0. The number of hydrogen-bond donors (Lipinski definition) is 9. The number of methoxy groups -OCH3 is 1. The Morgan fingerprint density at radius 2 is 0.928 bits per heavy atom. The lowest BCUT2D eigenvalue weighted by Gasteiger charge is -2.12. The van der Waals surface area contributed by atoms with Crippen LogP contribution in [0.2, 0.25) is 0 Å². The van der Waals surface area contributed by atoms with Crippen molar-refractivity contribution in [3.05, 3.63) is 327 Å². The second-order valence-corrected chi connectivity index (χ2v) is 41.4. The maximum absolute atomic E-state index is 12.5. The number of aromatic nitrogens is 1. The van der Waals surface area contributed by atoms with Gasteiger partial charge in [-0.3, -0.25) is 20.1 Å². The van der Waals surface area contributed by atoms with Crippen molar-refractivity contribution < 1.29 is 80.2 Å². The van der Waals surface area contributed by atoms with E-state index in [4.69, 9.17) is 46.0 Å². The average molecular weight is 2020 g/mol. The van der Waals surface area contributed by atoms with Gasteiger partial charge in [0, 0.05) is 69.1 Å². The van der Waals surface area contributed by atoms with Crippen molar-refractivity contribution in [1.29, 1.82) is 5.26 Å². The molecule has 0 saturated heterocycles. The topological polar surface area (TPSA) is 468 Å². The zero-order valence-corrected chi connectivity index (χ0v) is 85.7. The standard InChI is InChI=1S/C26H24N4O2.C12H17NO2.C11H17NO3S.C10H13NO2S.C10H13NO2.C9H11N3O.C8H10ClNO2S.C8H11NO2S.C7H9NO2S/c1-4-30-24-15-21(32-3)11-12-22(24)23(16-27)25(30)18-8-6-10-20(14-18)29-26(31)28-19-9-5-7-17(2)13-19;1-9(2)8-15-12(14)13-11-6-4-5-10(3)7-11;1-3-16(13,14)12-8-9-15-11-6-4-10(2)5-7-11;1-8-2-4-9(5-3-8)11-14(12,13)10-6-7-10;1-3-13-10(12)11-9-6-4-5-8(2)7-9;1-8-2-4-9(5-3-8)13-7-6-11-12-10;1-7-2-4-8(5-3-7)10-13(11,12)6-9;1-7-3-5-8(6-4-7)12(10,11)9-2;1-6-2-4-7(5-3-6)11(8,9)10/h5-15H,4H2,1-3H3,(H2,28,29,31);4-7,9H,8H2,1-3H3,(H,13,14);4-7,12H,3,8-9H2,1-2H3;2-5,10-11H,6-7H2,1H3;4-7H,3H2,1-2H3,(H,11,12);2-5H,6-7H2,1H3;2-5,10H,6H2,1H3;3-6,9H,1-2H3;2-5H,1H3,(H2,8,9,10). The molecule has 1 saturated carbocycles. The van der Waals surface area contributed by atoms with Crippen LogP contribution in [0.5, 0.6) is 17.2 Å². The number of aryl methyl sites for hydroxylation is 10. The highest BCUT2D eigenvalue weighted by Gasteiger charge is 2.35. The fourth-order valence-corrected chi connectivity index (χ4v) is 15.7. The SMILES string of the molecule is CCOC(=O)Nc1cccc(C)c1.CCS(=O)(=O)NCCOc1ccc(C)cc1.CCn1c(-c2cccc(NC(=O)Nc3cccc(C)c3)c2)c(C#N)c2ccc(OC)cc21.CNS(=O)(=O)c1ccc(C)cc1.Cc1ccc(NS(=O)(=O)C2CC2)cc1.Cc1ccc(NS(=O)(=O)CCl)cc1.Cc1ccc(OCCN=[N+]=[N-])cc1.Cc1ccc(S(N)(=O)=O)cc1.Cc1cccc(NC(=O)OCC(C)C)c1. The highest BCUT2D eigenvalue weighted by Crippen LogP contribution is 2.37. The van der Waals surface area contributed by atoms with E-state index in [0.717, 1.165) is 108 Å². The molecule has 1 aliphatic rings. The molecule has 0 bridgehead atoms. The van der Waals surface area contributed by atoms with E-state index in [9.17, 15) is 61.7 Å². The molecule has 0 aliphatic heterocycles. The van der Waals surface area contributed by atoms with E-state index in [1.807, 2.05) is 271 Å². The van der Waals surface area contributed by atoms with Gasteiger partial charge in [-0.1, -0.05) is 174 Å². The number of halogens is 1. The van der Waals surface area contributed by atoms with Gasteiger partial charge in [-0.25, -0.2) is 71.1 Å². The summed E-state index contributed by atoms with van der Waals surface area (Å²) in [7, 11) is -13.3. The summed E-state index contributed by atoms with van der Waals surface area (Å²) in [4.78, 5) is 37.9. The number of fused-ring (bicyclic) bond motifs is 1. The minimum absolute atomic E-state index is 0.0948. The molecule has 1 aliphatic carbocycles. The molecule has 0 spiro atoms. The number of anilines is 6.